The van der Waals surface area contributed by atoms with Gasteiger partial charge in [0.2, 0.25) is 11.8 Å². The van der Waals surface area contributed by atoms with Gasteiger partial charge in [-0.2, -0.15) is 0 Å². The van der Waals surface area contributed by atoms with Crippen LogP contribution < -0.4 is 10.6 Å². The number of hydrogen-bond acceptors (Lipinski definition) is 3. The van der Waals surface area contributed by atoms with E-state index in [1.807, 2.05) is 4.90 Å². The summed E-state index contributed by atoms with van der Waals surface area (Å²) in [5.41, 5.74) is 0. The summed E-state index contributed by atoms with van der Waals surface area (Å²) in [6, 6.07) is 0. The Hall–Kier alpha value is -1.10. The molecule has 1 heterocycles. The molecule has 2 amide bonds. The minimum Gasteiger partial charge on any atom is -0.354 e. The zero-order valence-electron chi connectivity index (χ0n) is 10.6. The maximum atomic E-state index is 11.8. The van der Waals surface area contributed by atoms with Crippen molar-refractivity contribution in [3.8, 4) is 0 Å². The second-order valence-corrected chi connectivity index (χ2v) is 4.43. The molecule has 0 saturated carbocycles. The molecule has 1 saturated heterocycles. The van der Waals surface area contributed by atoms with E-state index in [4.69, 9.17) is 0 Å². The van der Waals surface area contributed by atoms with E-state index in [0.29, 0.717) is 19.5 Å². The van der Waals surface area contributed by atoms with E-state index in [2.05, 4.69) is 10.6 Å². The molecule has 17 heavy (non-hydrogen) atoms. The summed E-state index contributed by atoms with van der Waals surface area (Å²) in [4.78, 5) is 24.9. The Kier molecular flexibility index (Phi) is 6.62. The Morgan fingerprint density at radius 1 is 1.12 bits per heavy atom. The average molecular weight is 241 g/mol. The van der Waals surface area contributed by atoms with E-state index in [1.165, 1.54) is 12.8 Å². The predicted octanol–water partition coefficient (Wildman–Crippen LogP) is 0.115. The van der Waals surface area contributed by atoms with E-state index in [9.17, 15) is 9.59 Å². The van der Waals surface area contributed by atoms with Crippen molar-refractivity contribution in [1.29, 1.82) is 0 Å². The van der Waals surface area contributed by atoms with Crippen molar-refractivity contribution in [2.45, 2.75) is 32.1 Å². The molecular weight excluding hydrogens is 218 g/mol. The number of carbonyl (C=O) groups excluding carboxylic acids is 2. The van der Waals surface area contributed by atoms with Crippen LogP contribution in [0.25, 0.3) is 0 Å². The number of likely N-dealkylation sites (N-methyl/N-ethyl adjacent to an activating group) is 1. The molecule has 5 nitrogen and oxygen atoms in total. The molecule has 1 fully saturated rings. The topological polar surface area (TPSA) is 61.4 Å². The van der Waals surface area contributed by atoms with E-state index >= 15 is 0 Å². The van der Waals surface area contributed by atoms with Crippen molar-refractivity contribution < 1.29 is 9.59 Å². The molecule has 1 rings (SSSR count). The van der Waals surface area contributed by atoms with E-state index < -0.39 is 0 Å². The summed E-state index contributed by atoms with van der Waals surface area (Å²) in [7, 11) is 1.72. The minimum atomic E-state index is -0.0591. The Labute approximate surface area is 103 Å². The number of nitrogens with zero attached hydrogens (tertiary/aromatic N) is 1. The zero-order chi connectivity index (χ0) is 12.5. The van der Waals surface area contributed by atoms with Crippen LogP contribution in [-0.2, 0) is 9.59 Å². The highest BCUT2D eigenvalue weighted by atomic mass is 16.2. The van der Waals surface area contributed by atoms with Gasteiger partial charge in [0.1, 0.15) is 0 Å². The van der Waals surface area contributed by atoms with Crippen LogP contribution in [0.2, 0.25) is 0 Å². The molecule has 1 aliphatic heterocycles. The summed E-state index contributed by atoms with van der Waals surface area (Å²) < 4.78 is 0. The van der Waals surface area contributed by atoms with Gasteiger partial charge < -0.3 is 15.5 Å². The lowest BCUT2D eigenvalue weighted by atomic mass is 10.2. The molecule has 0 spiro atoms. The lowest BCUT2D eigenvalue weighted by Gasteiger charge is -2.20. The highest BCUT2D eigenvalue weighted by Gasteiger charge is 2.14. The molecule has 0 aromatic heterocycles. The predicted molar refractivity (Wildman–Crippen MR) is 66.6 cm³/mol. The summed E-state index contributed by atoms with van der Waals surface area (Å²) in [5.74, 6) is 0.104. The van der Waals surface area contributed by atoms with E-state index in [0.717, 1.165) is 25.9 Å². The fourth-order valence-electron chi connectivity index (χ4n) is 2.01. The lowest BCUT2D eigenvalue weighted by Crippen LogP contribution is -2.37. The second kappa shape index (κ2) is 8.06. The Balaban J connectivity index is 2.17. The molecule has 0 unspecified atom stereocenters. The van der Waals surface area contributed by atoms with Crippen LogP contribution in [0.3, 0.4) is 0 Å². The van der Waals surface area contributed by atoms with Crippen molar-refractivity contribution in [3.05, 3.63) is 0 Å². The highest BCUT2D eigenvalue weighted by Crippen LogP contribution is 2.10. The highest BCUT2D eigenvalue weighted by molar-refractivity contribution is 5.80. The van der Waals surface area contributed by atoms with E-state index in [-0.39, 0.29) is 11.8 Å². The molecule has 0 aromatic carbocycles. The van der Waals surface area contributed by atoms with E-state index in [1.54, 1.807) is 7.05 Å². The number of likely N-dealkylation sites (tertiary alicyclic amines) is 1. The smallest absolute Gasteiger partial charge is 0.233 e. The summed E-state index contributed by atoms with van der Waals surface area (Å²) in [6.45, 7) is 2.50. The Bertz CT molecular complexity index is 248. The first-order valence-corrected chi connectivity index (χ1v) is 6.43. The molecule has 1 aliphatic rings. The number of rotatable bonds is 5. The molecule has 0 radical (unpaired) electrons. The molecule has 5 heteroatoms. The molecular formula is C12H23N3O2. The monoisotopic (exact) mass is 241 g/mol. The van der Waals surface area contributed by atoms with Crippen LogP contribution in [0.1, 0.15) is 32.1 Å². The maximum Gasteiger partial charge on any atom is 0.233 e. The molecule has 0 atom stereocenters. The fourth-order valence-corrected chi connectivity index (χ4v) is 2.01. The van der Waals surface area contributed by atoms with Crippen LogP contribution >= 0.6 is 0 Å². The number of nitrogens with one attached hydrogen (secondary N) is 2. The second-order valence-electron chi connectivity index (χ2n) is 4.43. The normalized spacial score (nSPS) is 16.4. The molecule has 2 N–H and O–H groups in total. The summed E-state index contributed by atoms with van der Waals surface area (Å²) in [6.07, 6.45) is 5.08. The first-order chi connectivity index (χ1) is 8.24. The van der Waals surface area contributed by atoms with Gasteiger partial charge in [0.25, 0.3) is 0 Å². The van der Waals surface area contributed by atoms with Gasteiger partial charge in [0.05, 0.1) is 6.54 Å². The maximum absolute atomic E-state index is 11.8. The SMILES string of the molecule is CNCC(=O)NCCC(=O)N1CCCCCC1. The van der Waals surface area contributed by atoms with Gasteiger partial charge in [-0.25, -0.2) is 0 Å². The van der Waals surface area contributed by atoms with Gasteiger partial charge in [0.15, 0.2) is 0 Å². The van der Waals surface area contributed by atoms with Crippen LogP contribution in [0, 0.1) is 0 Å². The first-order valence-electron chi connectivity index (χ1n) is 6.43. The van der Waals surface area contributed by atoms with Crippen molar-refractivity contribution in [2.75, 3.05) is 33.2 Å². The van der Waals surface area contributed by atoms with Gasteiger partial charge in [-0.05, 0) is 19.9 Å². The van der Waals surface area contributed by atoms with Gasteiger partial charge in [-0.15, -0.1) is 0 Å². The quantitative estimate of drug-likeness (QED) is 0.718. The summed E-state index contributed by atoms with van der Waals surface area (Å²) in [5, 5.41) is 5.49. The van der Waals surface area contributed by atoms with Gasteiger partial charge >= 0.3 is 0 Å². The summed E-state index contributed by atoms with van der Waals surface area (Å²) >= 11 is 0. The molecule has 0 aromatic rings. The van der Waals surface area contributed by atoms with Crippen LogP contribution in [-0.4, -0.2) is 49.9 Å². The molecule has 98 valence electrons. The number of carbonyl (C=O) groups is 2. The third-order valence-corrected chi connectivity index (χ3v) is 2.96. The number of hydrogen-bond donors (Lipinski definition) is 2. The van der Waals surface area contributed by atoms with Crippen molar-refractivity contribution in [1.82, 2.24) is 15.5 Å². The fraction of sp³-hybridized carbons (Fsp3) is 0.833. The standard InChI is InChI=1S/C12H23N3O2/c1-13-10-11(16)14-7-6-12(17)15-8-4-2-3-5-9-15/h13H,2-10H2,1H3,(H,14,16). The average Bonchev–Trinajstić information content (AvgIpc) is 2.57. The third-order valence-electron chi connectivity index (χ3n) is 2.96. The van der Waals surface area contributed by atoms with Crippen molar-refractivity contribution >= 4 is 11.8 Å². The first kappa shape index (κ1) is 14.0. The lowest BCUT2D eigenvalue weighted by molar-refractivity contribution is -0.131. The van der Waals surface area contributed by atoms with Crippen molar-refractivity contribution in [2.24, 2.45) is 0 Å². The Morgan fingerprint density at radius 3 is 2.35 bits per heavy atom. The van der Waals surface area contributed by atoms with Crippen molar-refractivity contribution in [3.63, 3.8) is 0 Å². The molecule has 0 aliphatic carbocycles. The van der Waals surface area contributed by atoms with Gasteiger partial charge in [0, 0.05) is 26.1 Å². The number of amides is 2. The zero-order valence-corrected chi connectivity index (χ0v) is 10.6. The minimum absolute atomic E-state index is 0.0591. The Morgan fingerprint density at radius 2 is 1.76 bits per heavy atom. The van der Waals surface area contributed by atoms with Gasteiger partial charge in [-0.3, -0.25) is 9.59 Å². The van der Waals surface area contributed by atoms with Crippen LogP contribution in [0.5, 0.6) is 0 Å². The van der Waals surface area contributed by atoms with Crippen LogP contribution in [0.4, 0.5) is 0 Å². The third kappa shape index (κ3) is 5.68. The molecule has 0 bridgehead atoms. The van der Waals surface area contributed by atoms with Crippen LogP contribution in [0.15, 0.2) is 0 Å². The largest absolute Gasteiger partial charge is 0.354 e. The van der Waals surface area contributed by atoms with Gasteiger partial charge in [-0.1, -0.05) is 12.8 Å².